The van der Waals surface area contributed by atoms with Crippen LogP contribution in [0.5, 0.6) is 0 Å². The summed E-state index contributed by atoms with van der Waals surface area (Å²) in [4.78, 5) is 37.9. The molecule has 0 saturated carbocycles. The molecule has 0 saturated heterocycles. The molecule has 0 aliphatic rings. The van der Waals surface area contributed by atoms with E-state index in [-0.39, 0.29) is 44.0 Å². The minimum absolute atomic E-state index is 0.111. The summed E-state index contributed by atoms with van der Waals surface area (Å²) in [6, 6.07) is 0. The Labute approximate surface area is 393 Å². The molecule has 0 rings (SSSR count). The summed E-state index contributed by atoms with van der Waals surface area (Å²) >= 11 is 0. The molecule has 0 aliphatic carbocycles. The molecule has 1 atom stereocenters. The molecule has 1 unspecified atom stereocenters. The van der Waals surface area contributed by atoms with Gasteiger partial charge < -0.3 is 14.2 Å². The van der Waals surface area contributed by atoms with Gasteiger partial charge in [-0.05, 0) is 83.5 Å². The predicted octanol–water partition coefficient (Wildman–Crippen LogP) is 17.1. The van der Waals surface area contributed by atoms with Crippen LogP contribution in [0.25, 0.3) is 0 Å². The maximum Gasteiger partial charge on any atom is 0.306 e. The van der Waals surface area contributed by atoms with Gasteiger partial charge in [-0.15, -0.1) is 0 Å². The van der Waals surface area contributed by atoms with Crippen LogP contribution in [0.15, 0.2) is 109 Å². The van der Waals surface area contributed by atoms with Gasteiger partial charge in [-0.3, -0.25) is 14.4 Å². The average Bonchev–Trinajstić information content (AvgIpc) is 3.29. The third-order valence-corrected chi connectivity index (χ3v) is 10.6. The van der Waals surface area contributed by atoms with Gasteiger partial charge in [0, 0.05) is 19.3 Å². The summed E-state index contributed by atoms with van der Waals surface area (Å²) in [6.45, 7) is 6.39. The first kappa shape index (κ1) is 60.1. The lowest BCUT2D eigenvalue weighted by molar-refractivity contribution is -0.166. The van der Waals surface area contributed by atoms with Crippen molar-refractivity contribution in [3.63, 3.8) is 0 Å². The van der Waals surface area contributed by atoms with E-state index in [0.717, 1.165) is 103 Å². The van der Waals surface area contributed by atoms with Gasteiger partial charge in [-0.1, -0.05) is 226 Å². The Bertz CT molecular complexity index is 1340. The molecule has 0 radical (unpaired) electrons. The maximum atomic E-state index is 12.8. The Hall–Kier alpha value is -3.93. The molecule has 6 heteroatoms. The molecule has 0 heterocycles. The lowest BCUT2D eigenvalue weighted by Gasteiger charge is -2.18. The summed E-state index contributed by atoms with van der Waals surface area (Å²) in [6.07, 6.45) is 69.4. The Morgan fingerprint density at radius 1 is 0.344 bits per heavy atom. The van der Waals surface area contributed by atoms with E-state index in [1.165, 1.54) is 70.6 Å². The molecule has 0 bridgehead atoms. The molecular formula is C58H94O6. The van der Waals surface area contributed by atoms with Crippen molar-refractivity contribution in [2.75, 3.05) is 13.2 Å². The van der Waals surface area contributed by atoms with Crippen molar-refractivity contribution >= 4 is 17.9 Å². The second-order valence-corrected chi connectivity index (χ2v) is 16.8. The fourth-order valence-electron chi connectivity index (χ4n) is 6.70. The van der Waals surface area contributed by atoms with E-state index in [4.69, 9.17) is 14.2 Å². The van der Waals surface area contributed by atoms with Crippen LogP contribution in [-0.2, 0) is 28.6 Å². The van der Waals surface area contributed by atoms with Crippen molar-refractivity contribution in [2.45, 2.75) is 226 Å². The Balaban J connectivity index is 4.51. The minimum atomic E-state index is -0.818. The highest BCUT2D eigenvalue weighted by Gasteiger charge is 2.19. The van der Waals surface area contributed by atoms with Gasteiger partial charge in [0.05, 0.1) is 0 Å². The minimum Gasteiger partial charge on any atom is -0.462 e. The van der Waals surface area contributed by atoms with Crippen molar-refractivity contribution in [3.05, 3.63) is 109 Å². The number of esters is 3. The van der Waals surface area contributed by atoms with E-state index in [0.29, 0.717) is 12.8 Å². The standard InChI is InChI=1S/C58H94O6/c1-4-7-10-13-16-19-21-23-25-27-29-31-32-34-36-39-42-45-48-51-57(60)63-54-55(53-62-56(59)50-47-44-41-38-18-15-12-9-6-3)64-58(61)52-49-46-43-40-37-35-33-30-28-26-24-22-20-17-14-11-8-5-2/h7,10,16,19,22-26,28-31,33-34,36,42,45,55H,4-6,8-9,11-15,17-18,20-21,27,32,35,37-41,43-44,46-54H2,1-3H3/b10-7-,19-16-,24-22-,25-23-,28-26-,31-29-,33-30-,36-34-,45-42-. The average molecular weight is 887 g/mol. The van der Waals surface area contributed by atoms with Gasteiger partial charge in [0.25, 0.3) is 0 Å². The zero-order valence-corrected chi connectivity index (χ0v) is 41.3. The van der Waals surface area contributed by atoms with Gasteiger partial charge in [0.2, 0.25) is 0 Å². The molecule has 0 aromatic heterocycles. The number of allylic oxidation sites excluding steroid dienone is 18. The van der Waals surface area contributed by atoms with Crippen LogP contribution in [0.1, 0.15) is 220 Å². The molecule has 64 heavy (non-hydrogen) atoms. The second-order valence-electron chi connectivity index (χ2n) is 16.8. The summed E-state index contributed by atoms with van der Waals surface area (Å²) < 4.78 is 16.7. The lowest BCUT2D eigenvalue weighted by atomic mass is 10.1. The molecule has 362 valence electrons. The number of hydrogen-bond donors (Lipinski definition) is 0. The van der Waals surface area contributed by atoms with Gasteiger partial charge in [-0.25, -0.2) is 0 Å². The smallest absolute Gasteiger partial charge is 0.306 e. The number of carbonyl (C=O) groups is 3. The SMILES string of the molecule is CC/C=C\C/C=C\C/C=C\C/C=C\C/C=C\C/C=C\CCC(=O)OCC(COC(=O)CCCCCCCCCCC)OC(=O)CCCCCCC\C=C/C=C\C=C/CCCCCCC. The van der Waals surface area contributed by atoms with Crippen molar-refractivity contribution in [1.29, 1.82) is 0 Å². The van der Waals surface area contributed by atoms with E-state index in [2.05, 4.69) is 118 Å². The van der Waals surface area contributed by atoms with Crippen molar-refractivity contribution < 1.29 is 28.6 Å². The Morgan fingerprint density at radius 3 is 1.14 bits per heavy atom. The molecule has 0 amide bonds. The fourth-order valence-corrected chi connectivity index (χ4v) is 6.70. The summed E-state index contributed by atoms with van der Waals surface area (Å²) in [7, 11) is 0. The number of hydrogen-bond acceptors (Lipinski definition) is 6. The third-order valence-electron chi connectivity index (χ3n) is 10.6. The Morgan fingerprint density at radius 2 is 0.703 bits per heavy atom. The topological polar surface area (TPSA) is 78.9 Å². The molecule has 0 fully saturated rings. The molecular weight excluding hydrogens is 793 g/mol. The fraction of sp³-hybridized carbons (Fsp3) is 0.638. The first-order valence-electron chi connectivity index (χ1n) is 25.9. The first-order valence-corrected chi connectivity index (χ1v) is 25.9. The van der Waals surface area contributed by atoms with Crippen LogP contribution in [0.3, 0.4) is 0 Å². The first-order chi connectivity index (χ1) is 31.5. The molecule has 6 nitrogen and oxygen atoms in total. The number of rotatable bonds is 45. The number of unbranched alkanes of at least 4 members (excludes halogenated alkanes) is 18. The predicted molar refractivity (Wildman–Crippen MR) is 274 cm³/mol. The zero-order valence-electron chi connectivity index (χ0n) is 41.3. The number of ether oxygens (including phenoxy) is 3. The Kier molecular flexibility index (Phi) is 48.5. The highest BCUT2D eigenvalue weighted by atomic mass is 16.6. The van der Waals surface area contributed by atoms with Crippen LogP contribution < -0.4 is 0 Å². The van der Waals surface area contributed by atoms with Crippen LogP contribution in [0.4, 0.5) is 0 Å². The van der Waals surface area contributed by atoms with Gasteiger partial charge >= 0.3 is 17.9 Å². The largest absolute Gasteiger partial charge is 0.462 e. The maximum absolute atomic E-state index is 12.8. The molecule has 0 aromatic rings. The molecule has 0 aromatic carbocycles. The monoisotopic (exact) mass is 887 g/mol. The summed E-state index contributed by atoms with van der Waals surface area (Å²) in [5, 5.41) is 0. The summed E-state index contributed by atoms with van der Waals surface area (Å²) in [5.74, 6) is -1.03. The lowest BCUT2D eigenvalue weighted by Crippen LogP contribution is -2.30. The number of carbonyl (C=O) groups excluding carboxylic acids is 3. The van der Waals surface area contributed by atoms with E-state index in [9.17, 15) is 14.4 Å². The third kappa shape index (κ3) is 49.1. The van der Waals surface area contributed by atoms with Crippen LogP contribution in [-0.4, -0.2) is 37.2 Å². The van der Waals surface area contributed by atoms with E-state index in [1.807, 2.05) is 12.2 Å². The van der Waals surface area contributed by atoms with Crippen molar-refractivity contribution in [3.8, 4) is 0 Å². The summed E-state index contributed by atoms with van der Waals surface area (Å²) in [5.41, 5.74) is 0. The van der Waals surface area contributed by atoms with Crippen LogP contribution in [0.2, 0.25) is 0 Å². The molecule has 0 N–H and O–H groups in total. The zero-order chi connectivity index (χ0) is 46.5. The highest BCUT2D eigenvalue weighted by molar-refractivity contribution is 5.71. The molecule has 0 spiro atoms. The van der Waals surface area contributed by atoms with Gasteiger partial charge in [0.15, 0.2) is 6.10 Å². The van der Waals surface area contributed by atoms with E-state index >= 15 is 0 Å². The normalized spacial score (nSPS) is 13.0. The quantitative estimate of drug-likeness (QED) is 0.0199. The van der Waals surface area contributed by atoms with E-state index < -0.39 is 6.10 Å². The second kappa shape index (κ2) is 51.7. The van der Waals surface area contributed by atoms with Crippen molar-refractivity contribution in [2.24, 2.45) is 0 Å². The molecule has 0 aliphatic heterocycles. The highest BCUT2D eigenvalue weighted by Crippen LogP contribution is 2.13. The van der Waals surface area contributed by atoms with Gasteiger partial charge in [0.1, 0.15) is 13.2 Å². The van der Waals surface area contributed by atoms with E-state index in [1.54, 1.807) is 0 Å². The van der Waals surface area contributed by atoms with Crippen molar-refractivity contribution in [1.82, 2.24) is 0 Å². The van der Waals surface area contributed by atoms with Crippen LogP contribution in [0, 0.1) is 0 Å². The van der Waals surface area contributed by atoms with Gasteiger partial charge in [-0.2, -0.15) is 0 Å². The van der Waals surface area contributed by atoms with Crippen LogP contribution >= 0.6 is 0 Å².